The van der Waals surface area contributed by atoms with E-state index in [1.54, 1.807) is 17.8 Å². The summed E-state index contributed by atoms with van der Waals surface area (Å²) in [5, 5.41) is 0. The average Bonchev–Trinajstić information content (AvgIpc) is 2.34. The molecule has 0 saturated carbocycles. The molecule has 1 aromatic rings. The van der Waals surface area contributed by atoms with Gasteiger partial charge in [-0.1, -0.05) is 13.8 Å². The second kappa shape index (κ2) is 7.45. The quantitative estimate of drug-likeness (QED) is 0.551. The van der Waals surface area contributed by atoms with Crippen LogP contribution in [0.25, 0.3) is 0 Å². The third-order valence-electron chi connectivity index (χ3n) is 2.60. The number of halogens is 1. The number of carbonyl (C=O) groups is 1. The van der Waals surface area contributed by atoms with Gasteiger partial charge in [-0.25, -0.2) is 4.39 Å². The first-order valence-corrected chi connectivity index (χ1v) is 6.79. The van der Waals surface area contributed by atoms with E-state index in [1.165, 1.54) is 12.1 Å². The second-order valence-corrected chi connectivity index (χ2v) is 4.88. The minimum atomic E-state index is -0.347. The number of aldehydes is 1. The third kappa shape index (κ3) is 4.88. The van der Waals surface area contributed by atoms with Crippen LogP contribution in [0, 0.1) is 5.82 Å². The topological polar surface area (TPSA) is 20.3 Å². The summed E-state index contributed by atoms with van der Waals surface area (Å²) in [7, 11) is 0. The fourth-order valence-corrected chi connectivity index (χ4v) is 2.57. The Morgan fingerprint density at radius 1 is 1.29 bits per heavy atom. The van der Waals surface area contributed by atoms with Crippen molar-refractivity contribution < 1.29 is 9.18 Å². The first kappa shape index (κ1) is 14.2. The van der Waals surface area contributed by atoms with Crippen LogP contribution in [0.3, 0.4) is 0 Å². The van der Waals surface area contributed by atoms with Crippen molar-refractivity contribution in [1.82, 2.24) is 4.90 Å². The molecule has 0 heterocycles. The SMILES string of the molecule is CCN(CC)CCSc1cc(F)cc(C=O)c1. The van der Waals surface area contributed by atoms with Gasteiger partial charge >= 0.3 is 0 Å². The molecule has 2 nitrogen and oxygen atoms in total. The van der Waals surface area contributed by atoms with E-state index in [4.69, 9.17) is 0 Å². The van der Waals surface area contributed by atoms with Crippen LogP contribution in [0.1, 0.15) is 24.2 Å². The van der Waals surface area contributed by atoms with E-state index in [0.29, 0.717) is 11.8 Å². The lowest BCUT2D eigenvalue weighted by molar-refractivity contribution is 0.112. The van der Waals surface area contributed by atoms with Gasteiger partial charge in [0, 0.05) is 22.8 Å². The van der Waals surface area contributed by atoms with Crippen molar-refractivity contribution >= 4 is 18.0 Å². The minimum absolute atomic E-state index is 0.347. The van der Waals surface area contributed by atoms with Gasteiger partial charge in [0.2, 0.25) is 0 Å². The molecule has 1 aromatic carbocycles. The lowest BCUT2D eigenvalue weighted by Gasteiger charge is -2.17. The number of nitrogens with zero attached hydrogens (tertiary/aromatic N) is 1. The zero-order valence-corrected chi connectivity index (χ0v) is 11.1. The van der Waals surface area contributed by atoms with Crippen LogP contribution in [0.5, 0.6) is 0 Å². The maximum absolute atomic E-state index is 13.2. The number of benzene rings is 1. The average molecular weight is 255 g/mol. The maximum Gasteiger partial charge on any atom is 0.150 e. The molecule has 0 saturated heterocycles. The highest BCUT2D eigenvalue weighted by Crippen LogP contribution is 2.20. The molecule has 0 radical (unpaired) electrons. The van der Waals surface area contributed by atoms with E-state index in [-0.39, 0.29) is 5.82 Å². The summed E-state index contributed by atoms with van der Waals surface area (Å²) in [5.74, 6) is 0.559. The number of hydrogen-bond donors (Lipinski definition) is 0. The zero-order valence-electron chi connectivity index (χ0n) is 10.3. The van der Waals surface area contributed by atoms with E-state index >= 15 is 0 Å². The molecule has 0 atom stereocenters. The van der Waals surface area contributed by atoms with Gasteiger partial charge in [-0.3, -0.25) is 4.79 Å². The Morgan fingerprint density at radius 2 is 2.00 bits per heavy atom. The number of thioether (sulfide) groups is 1. The van der Waals surface area contributed by atoms with Crippen molar-refractivity contribution in [3.8, 4) is 0 Å². The van der Waals surface area contributed by atoms with Crippen LogP contribution < -0.4 is 0 Å². The zero-order chi connectivity index (χ0) is 12.7. The molecule has 0 aliphatic carbocycles. The largest absolute Gasteiger partial charge is 0.303 e. The van der Waals surface area contributed by atoms with Gasteiger partial charge in [0.25, 0.3) is 0 Å². The Kier molecular flexibility index (Phi) is 6.22. The predicted octanol–water partition coefficient (Wildman–Crippen LogP) is 3.07. The summed E-state index contributed by atoms with van der Waals surface area (Å²) in [6, 6.07) is 4.45. The van der Waals surface area contributed by atoms with Gasteiger partial charge in [0.1, 0.15) is 12.1 Å². The normalized spacial score (nSPS) is 10.8. The van der Waals surface area contributed by atoms with Crippen molar-refractivity contribution in [3.05, 3.63) is 29.6 Å². The molecule has 0 amide bonds. The number of carbonyl (C=O) groups excluding carboxylic acids is 1. The predicted molar refractivity (Wildman–Crippen MR) is 70.3 cm³/mol. The van der Waals surface area contributed by atoms with Gasteiger partial charge < -0.3 is 4.90 Å². The van der Waals surface area contributed by atoms with Crippen molar-refractivity contribution in [2.45, 2.75) is 18.7 Å². The van der Waals surface area contributed by atoms with Gasteiger partial charge in [-0.05, 0) is 31.3 Å². The van der Waals surface area contributed by atoms with Crippen LogP contribution in [-0.2, 0) is 0 Å². The van der Waals surface area contributed by atoms with Crippen LogP contribution in [0.15, 0.2) is 23.1 Å². The standard InChI is InChI=1S/C13H18FNOS/c1-3-15(4-2)5-6-17-13-8-11(10-16)7-12(14)9-13/h7-10H,3-6H2,1-2H3. The molecule has 0 fully saturated rings. The fourth-order valence-electron chi connectivity index (χ4n) is 1.57. The van der Waals surface area contributed by atoms with Crippen molar-refractivity contribution in [2.75, 3.05) is 25.4 Å². The fraction of sp³-hybridized carbons (Fsp3) is 0.462. The maximum atomic E-state index is 13.2. The highest BCUT2D eigenvalue weighted by atomic mass is 32.2. The Labute approximate surface area is 106 Å². The van der Waals surface area contributed by atoms with Gasteiger partial charge in [-0.15, -0.1) is 11.8 Å². The summed E-state index contributed by atoms with van der Waals surface area (Å²) in [4.78, 5) is 13.7. The molecule has 0 aliphatic rings. The molecule has 0 N–H and O–H groups in total. The van der Waals surface area contributed by atoms with Crippen LogP contribution >= 0.6 is 11.8 Å². The molecule has 17 heavy (non-hydrogen) atoms. The van der Waals surface area contributed by atoms with E-state index in [9.17, 15) is 9.18 Å². The first-order chi connectivity index (χ1) is 8.19. The Hall–Kier alpha value is -0.870. The Balaban J connectivity index is 2.51. The molecule has 0 unspecified atom stereocenters. The Bertz CT molecular complexity index is 366. The van der Waals surface area contributed by atoms with Crippen LogP contribution in [0.2, 0.25) is 0 Å². The summed E-state index contributed by atoms with van der Waals surface area (Å²) in [6.45, 7) is 7.28. The Morgan fingerprint density at radius 3 is 2.59 bits per heavy atom. The monoisotopic (exact) mass is 255 g/mol. The molecule has 0 spiro atoms. The smallest absolute Gasteiger partial charge is 0.150 e. The van der Waals surface area contributed by atoms with E-state index < -0.39 is 0 Å². The molecular formula is C13H18FNOS. The van der Waals surface area contributed by atoms with E-state index in [1.807, 2.05) is 0 Å². The van der Waals surface area contributed by atoms with Gasteiger partial charge in [-0.2, -0.15) is 0 Å². The molecule has 0 aromatic heterocycles. The summed E-state index contributed by atoms with van der Waals surface area (Å²) >= 11 is 1.58. The molecule has 1 rings (SSSR count). The number of hydrogen-bond acceptors (Lipinski definition) is 3. The molecule has 0 aliphatic heterocycles. The molecular weight excluding hydrogens is 237 g/mol. The molecule has 94 valence electrons. The van der Waals surface area contributed by atoms with Crippen molar-refractivity contribution in [1.29, 1.82) is 0 Å². The lowest BCUT2D eigenvalue weighted by Crippen LogP contribution is -2.25. The van der Waals surface area contributed by atoms with Gasteiger partial charge in [0.05, 0.1) is 0 Å². The molecule has 4 heteroatoms. The summed E-state index contributed by atoms with van der Waals surface area (Å²) in [5.41, 5.74) is 0.398. The third-order valence-corrected chi connectivity index (χ3v) is 3.56. The summed E-state index contributed by atoms with van der Waals surface area (Å²) < 4.78 is 13.2. The van der Waals surface area contributed by atoms with Gasteiger partial charge in [0.15, 0.2) is 0 Å². The number of rotatable bonds is 7. The first-order valence-electron chi connectivity index (χ1n) is 5.80. The highest BCUT2D eigenvalue weighted by molar-refractivity contribution is 7.99. The molecule has 0 bridgehead atoms. The minimum Gasteiger partial charge on any atom is -0.303 e. The van der Waals surface area contributed by atoms with Crippen LogP contribution in [-0.4, -0.2) is 36.6 Å². The highest BCUT2D eigenvalue weighted by Gasteiger charge is 2.03. The van der Waals surface area contributed by atoms with Crippen molar-refractivity contribution in [3.63, 3.8) is 0 Å². The second-order valence-electron chi connectivity index (χ2n) is 3.71. The van der Waals surface area contributed by atoms with Crippen molar-refractivity contribution in [2.24, 2.45) is 0 Å². The lowest BCUT2D eigenvalue weighted by atomic mass is 10.2. The summed E-state index contributed by atoms with van der Waals surface area (Å²) in [6.07, 6.45) is 0.678. The van der Waals surface area contributed by atoms with E-state index in [0.717, 1.165) is 30.3 Å². The van der Waals surface area contributed by atoms with Crippen LogP contribution in [0.4, 0.5) is 4.39 Å². The van der Waals surface area contributed by atoms with E-state index in [2.05, 4.69) is 18.7 Å².